The number of carbonyl (C=O) groups is 3. The van der Waals surface area contributed by atoms with Gasteiger partial charge in [0.05, 0.1) is 17.4 Å². The Morgan fingerprint density at radius 2 is 1.62 bits per heavy atom. The van der Waals surface area contributed by atoms with E-state index in [9.17, 15) is 14.4 Å². The van der Waals surface area contributed by atoms with Crippen molar-refractivity contribution >= 4 is 35.0 Å². The Bertz CT molecular complexity index is 940. The van der Waals surface area contributed by atoms with Crippen molar-refractivity contribution in [2.24, 2.45) is 0 Å². The van der Waals surface area contributed by atoms with Crippen LogP contribution in [0.25, 0.3) is 0 Å². The summed E-state index contributed by atoms with van der Waals surface area (Å²) < 4.78 is 5.48. The van der Waals surface area contributed by atoms with Crippen molar-refractivity contribution in [1.82, 2.24) is 10.6 Å². The lowest BCUT2D eigenvalue weighted by atomic mass is 10.1. The number of rotatable bonds is 7. The van der Waals surface area contributed by atoms with Gasteiger partial charge in [-0.05, 0) is 63.1 Å². The molecule has 9 heteroatoms. The number of ether oxygens (including phenoxy) is 1. The van der Waals surface area contributed by atoms with Crippen LogP contribution < -0.4 is 26.6 Å². The number of benzene rings is 2. The summed E-state index contributed by atoms with van der Waals surface area (Å²) >= 11 is 0. The van der Waals surface area contributed by atoms with Gasteiger partial charge in [-0.25, -0.2) is 9.59 Å². The summed E-state index contributed by atoms with van der Waals surface area (Å²) in [5.74, 6) is -0.361. The summed E-state index contributed by atoms with van der Waals surface area (Å²) in [7, 11) is 0. The Morgan fingerprint density at radius 1 is 0.938 bits per heavy atom. The second-order valence-electron chi connectivity index (χ2n) is 7.80. The van der Waals surface area contributed by atoms with E-state index in [0.717, 1.165) is 19.4 Å². The molecule has 0 bridgehead atoms. The number of hydrogen-bond acceptors (Lipinski definition) is 4. The first kappa shape index (κ1) is 23.1. The van der Waals surface area contributed by atoms with Crippen LogP contribution in [0, 0.1) is 0 Å². The van der Waals surface area contributed by atoms with Gasteiger partial charge in [0.25, 0.3) is 5.91 Å². The molecule has 5 N–H and O–H groups in total. The van der Waals surface area contributed by atoms with Crippen molar-refractivity contribution < 1.29 is 19.1 Å². The first-order valence-corrected chi connectivity index (χ1v) is 10.6. The summed E-state index contributed by atoms with van der Waals surface area (Å²) in [4.78, 5) is 36.8. The van der Waals surface area contributed by atoms with E-state index in [2.05, 4.69) is 26.6 Å². The van der Waals surface area contributed by atoms with Crippen molar-refractivity contribution in [3.8, 4) is 0 Å². The Balaban J connectivity index is 1.54. The molecular weight excluding hydrogens is 410 g/mol. The summed E-state index contributed by atoms with van der Waals surface area (Å²) in [6, 6.07) is 12.8. The van der Waals surface area contributed by atoms with E-state index < -0.39 is 0 Å². The van der Waals surface area contributed by atoms with Gasteiger partial charge in [0, 0.05) is 30.6 Å². The average Bonchev–Trinajstić information content (AvgIpc) is 3.27. The molecule has 2 aromatic rings. The Hall–Kier alpha value is -3.59. The van der Waals surface area contributed by atoms with E-state index in [4.69, 9.17) is 4.74 Å². The van der Waals surface area contributed by atoms with E-state index in [0.29, 0.717) is 29.2 Å². The molecule has 1 aliphatic rings. The molecule has 5 amide bonds. The lowest BCUT2D eigenvalue weighted by Gasteiger charge is -2.14. The quantitative estimate of drug-likeness (QED) is 0.451. The highest BCUT2D eigenvalue weighted by Gasteiger charge is 2.16. The highest BCUT2D eigenvalue weighted by atomic mass is 16.5. The minimum atomic E-state index is -0.381. The molecule has 1 unspecified atom stereocenters. The number of amides is 5. The summed E-state index contributed by atoms with van der Waals surface area (Å²) in [5, 5.41) is 13.8. The summed E-state index contributed by atoms with van der Waals surface area (Å²) in [6.07, 6.45) is 2.05. The predicted octanol–water partition coefficient (Wildman–Crippen LogP) is 3.77. The van der Waals surface area contributed by atoms with Gasteiger partial charge in [-0.2, -0.15) is 0 Å². The molecule has 170 valence electrons. The van der Waals surface area contributed by atoms with E-state index in [1.165, 1.54) is 0 Å². The predicted molar refractivity (Wildman–Crippen MR) is 124 cm³/mol. The van der Waals surface area contributed by atoms with Crippen LogP contribution in [0.5, 0.6) is 0 Å². The van der Waals surface area contributed by atoms with Crippen molar-refractivity contribution in [3.05, 3.63) is 54.1 Å². The zero-order chi connectivity index (χ0) is 22.9. The molecule has 9 nitrogen and oxygen atoms in total. The monoisotopic (exact) mass is 439 g/mol. The zero-order valence-electron chi connectivity index (χ0n) is 18.2. The number of anilines is 3. The first-order valence-electron chi connectivity index (χ1n) is 10.6. The van der Waals surface area contributed by atoms with Crippen LogP contribution in [0.15, 0.2) is 48.5 Å². The minimum absolute atomic E-state index is 0.0266. The Morgan fingerprint density at radius 3 is 2.28 bits per heavy atom. The van der Waals surface area contributed by atoms with Gasteiger partial charge in [0.1, 0.15) is 0 Å². The Kier molecular flexibility index (Phi) is 8.04. The number of nitrogens with one attached hydrogen (secondary N) is 5. The maximum Gasteiger partial charge on any atom is 0.319 e. The minimum Gasteiger partial charge on any atom is -0.376 e. The fourth-order valence-corrected chi connectivity index (χ4v) is 3.23. The molecule has 0 radical (unpaired) electrons. The van der Waals surface area contributed by atoms with Gasteiger partial charge in [0.2, 0.25) is 0 Å². The molecule has 0 spiro atoms. The van der Waals surface area contributed by atoms with Gasteiger partial charge >= 0.3 is 12.1 Å². The highest BCUT2D eigenvalue weighted by Crippen LogP contribution is 2.19. The van der Waals surface area contributed by atoms with Crippen molar-refractivity contribution in [2.75, 3.05) is 29.1 Å². The third kappa shape index (κ3) is 6.98. The van der Waals surface area contributed by atoms with Crippen LogP contribution in [-0.4, -0.2) is 43.3 Å². The fraction of sp³-hybridized carbons (Fsp3) is 0.348. The van der Waals surface area contributed by atoms with Crippen LogP contribution >= 0.6 is 0 Å². The second-order valence-corrected chi connectivity index (χ2v) is 7.80. The number of urea groups is 2. The van der Waals surface area contributed by atoms with Gasteiger partial charge in [0.15, 0.2) is 0 Å². The van der Waals surface area contributed by atoms with Crippen molar-refractivity contribution in [3.63, 3.8) is 0 Å². The van der Waals surface area contributed by atoms with E-state index in [-0.39, 0.29) is 30.1 Å². The lowest BCUT2D eigenvalue weighted by molar-refractivity contribution is 0.102. The van der Waals surface area contributed by atoms with Gasteiger partial charge in [-0.1, -0.05) is 12.1 Å². The van der Waals surface area contributed by atoms with Crippen LogP contribution in [-0.2, 0) is 4.74 Å². The average molecular weight is 440 g/mol. The van der Waals surface area contributed by atoms with E-state index in [1.54, 1.807) is 48.5 Å². The third-order valence-corrected chi connectivity index (χ3v) is 4.75. The van der Waals surface area contributed by atoms with Gasteiger partial charge in [-0.15, -0.1) is 0 Å². The molecule has 1 fully saturated rings. The second kappa shape index (κ2) is 11.1. The first-order chi connectivity index (χ1) is 15.4. The van der Waals surface area contributed by atoms with Crippen LogP contribution in [0.4, 0.5) is 26.7 Å². The molecular formula is C23H29N5O4. The zero-order valence-corrected chi connectivity index (χ0v) is 18.2. The molecule has 3 rings (SSSR count). The van der Waals surface area contributed by atoms with Gasteiger partial charge < -0.3 is 31.3 Å². The van der Waals surface area contributed by atoms with Crippen LogP contribution in [0.3, 0.4) is 0 Å². The Labute approximate surface area is 187 Å². The highest BCUT2D eigenvalue weighted by molar-refractivity contribution is 6.10. The molecule has 32 heavy (non-hydrogen) atoms. The van der Waals surface area contributed by atoms with Crippen molar-refractivity contribution in [2.45, 2.75) is 38.8 Å². The maximum atomic E-state index is 12.7. The molecule has 2 aromatic carbocycles. The van der Waals surface area contributed by atoms with Gasteiger partial charge in [-0.3, -0.25) is 4.79 Å². The van der Waals surface area contributed by atoms with Crippen LogP contribution in [0.1, 0.15) is 37.0 Å². The van der Waals surface area contributed by atoms with E-state index >= 15 is 0 Å². The number of carbonyl (C=O) groups excluding carboxylic acids is 3. The maximum absolute atomic E-state index is 12.7. The normalized spacial score (nSPS) is 15.2. The molecule has 1 aliphatic heterocycles. The molecule has 0 saturated carbocycles. The lowest BCUT2D eigenvalue weighted by Crippen LogP contribution is -2.35. The molecule has 0 aliphatic carbocycles. The van der Waals surface area contributed by atoms with Crippen molar-refractivity contribution in [1.29, 1.82) is 0 Å². The standard InChI is InChI=1S/C23H29N5O4/c1-15(2)25-23(31)28-20-8-4-3-7-19(20)21(29)26-16-9-11-17(12-10-16)27-22(30)24-14-18-6-5-13-32-18/h3-4,7-12,15,18H,5-6,13-14H2,1-2H3,(H,26,29)(H2,24,27,30)(H2,25,28,31). The molecule has 1 heterocycles. The number of para-hydroxylation sites is 1. The summed E-state index contributed by atoms with van der Waals surface area (Å²) in [5.41, 5.74) is 1.90. The van der Waals surface area contributed by atoms with E-state index in [1.807, 2.05) is 13.8 Å². The summed E-state index contributed by atoms with van der Waals surface area (Å²) in [6.45, 7) is 4.92. The largest absolute Gasteiger partial charge is 0.376 e. The number of hydrogen-bond donors (Lipinski definition) is 5. The molecule has 0 aromatic heterocycles. The van der Waals surface area contributed by atoms with Crippen LogP contribution in [0.2, 0.25) is 0 Å². The molecule has 1 saturated heterocycles. The third-order valence-electron chi connectivity index (χ3n) is 4.75. The molecule has 1 atom stereocenters. The fourth-order valence-electron chi connectivity index (χ4n) is 3.23. The topological polar surface area (TPSA) is 121 Å². The smallest absolute Gasteiger partial charge is 0.319 e. The SMILES string of the molecule is CC(C)NC(=O)Nc1ccccc1C(=O)Nc1ccc(NC(=O)NCC2CCCO2)cc1.